The average Bonchev–Trinajstić information content (AvgIpc) is 2.28. The Kier molecular flexibility index (Phi) is 5.81. The number of rotatable bonds is 5. The molecule has 0 aliphatic carbocycles. The Hall–Kier alpha value is -1.08. The molecule has 0 heterocycles. The average molecular weight is 259 g/mol. The second-order valence-corrected chi connectivity index (χ2v) is 6.93. The standard InChI is InChI=1S/C18H29N/c1-14(2)11-16-7-9-17(10-8-16)12-15(3)13-19-18(4,5)6/h7-10,12,14,19H,11,13H2,1-6H3. The first-order valence-electron chi connectivity index (χ1n) is 7.27. The second-order valence-electron chi connectivity index (χ2n) is 6.93. The van der Waals surface area contributed by atoms with Gasteiger partial charge in [-0.15, -0.1) is 0 Å². The van der Waals surface area contributed by atoms with Crippen molar-refractivity contribution in [3.05, 3.63) is 41.0 Å². The summed E-state index contributed by atoms with van der Waals surface area (Å²) in [6, 6.07) is 8.93. The fourth-order valence-electron chi connectivity index (χ4n) is 1.96. The third kappa shape index (κ3) is 7.17. The van der Waals surface area contributed by atoms with Gasteiger partial charge >= 0.3 is 0 Å². The minimum absolute atomic E-state index is 0.177. The molecule has 1 aromatic rings. The Morgan fingerprint density at radius 2 is 1.74 bits per heavy atom. The number of nitrogens with one attached hydrogen (secondary N) is 1. The fraction of sp³-hybridized carbons (Fsp3) is 0.556. The molecule has 1 rings (SSSR count). The molecule has 0 saturated heterocycles. The Bertz CT molecular complexity index is 404. The molecular weight excluding hydrogens is 230 g/mol. The summed E-state index contributed by atoms with van der Waals surface area (Å²) in [6.45, 7) is 14.2. The van der Waals surface area contributed by atoms with E-state index in [1.54, 1.807) is 0 Å². The lowest BCUT2D eigenvalue weighted by atomic mass is 10.0. The first kappa shape index (κ1) is 16.0. The molecule has 0 aromatic heterocycles. The highest BCUT2D eigenvalue weighted by atomic mass is 14.9. The third-order valence-electron chi connectivity index (χ3n) is 2.93. The first-order chi connectivity index (χ1) is 8.76. The van der Waals surface area contributed by atoms with Gasteiger partial charge in [-0.1, -0.05) is 49.8 Å². The summed E-state index contributed by atoms with van der Waals surface area (Å²) < 4.78 is 0. The summed E-state index contributed by atoms with van der Waals surface area (Å²) in [5.74, 6) is 0.721. The zero-order valence-electron chi connectivity index (χ0n) is 13.4. The van der Waals surface area contributed by atoms with Gasteiger partial charge in [0.15, 0.2) is 0 Å². The van der Waals surface area contributed by atoms with Crippen molar-refractivity contribution in [2.45, 2.75) is 53.5 Å². The molecule has 0 bridgehead atoms. The Labute approximate surface area is 119 Å². The van der Waals surface area contributed by atoms with Crippen LogP contribution in [-0.4, -0.2) is 12.1 Å². The van der Waals surface area contributed by atoms with Crippen LogP contribution in [0.5, 0.6) is 0 Å². The Morgan fingerprint density at radius 1 is 1.16 bits per heavy atom. The van der Waals surface area contributed by atoms with Crippen molar-refractivity contribution in [3.63, 3.8) is 0 Å². The minimum Gasteiger partial charge on any atom is -0.308 e. The van der Waals surface area contributed by atoms with Crippen molar-refractivity contribution in [1.29, 1.82) is 0 Å². The molecule has 106 valence electrons. The highest BCUT2D eigenvalue weighted by Crippen LogP contribution is 2.12. The van der Waals surface area contributed by atoms with Crippen LogP contribution >= 0.6 is 0 Å². The van der Waals surface area contributed by atoms with Crippen LogP contribution in [0.15, 0.2) is 29.8 Å². The lowest BCUT2D eigenvalue weighted by Crippen LogP contribution is -2.36. The van der Waals surface area contributed by atoms with Gasteiger partial charge in [0.05, 0.1) is 0 Å². The molecule has 0 radical (unpaired) electrons. The molecule has 0 fully saturated rings. The molecule has 0 atom stereocenters. The van der Waals surface area contributed by atoms with Gasteiger partial charge in [0.25, 0.3) is 0 Å². The highest BCUT2D eigenvalue weighted by molar-refractivity contribution is 5.53. The first-order valence-corrected chi connectivity index (χ1v) is 7.27. The van der Waals surface area contributed by atoms with E-state index in [0.717, 1.165) is 18.9 Å². The summed E-state index contributed by atoms with van der Waals surface area (Å²) in [6.07, 6.45) is 3.42. The molecule has 19 heavy (non-hydrogen) atoms. The van der Waals surface area contributed by atoms with Crippen LogP contribution in [0.4, 0.5) is 0 Å². The summed E-state index contributed by atoms with van der Waals surface area (Å²) in [7, 11) is 0. The molecule has 1 N–H and O–H groups in total. The molecule has 0 aliphatic rings. The van der Waals surface area contributed by atoms with Gasteiger partial charge in [-0.05, 0) is 51.2 Å². The Morgan fingerprint density at radius 3 is 2.21 bits per heavy atom. The number of benzene rings is 1. The Balaban J connectivity index is 2.60. The molecule has 0 unspecified atom stereocenters. The SMILES string of the molecule is CC(=Cc1ccc(CC(C)C)cc1)CNC(C)(C)C. The summed E-state index contributed by atoms with van der Waals surface area (Å²) >= 11 is 0. The molecule has 0 saturated carbocycles. The second kappa shape index (κ2) is 6.91. The minimum atomic E-state index is 0.177. The van der Waals surface area contributed by atoms with E-state index in [-0.39, 0.29) is 5.54 Å². The van der Waals surface area contributed by atoms with Crippen LogP contribution in [0.1, 0.15) is 52.7 Å². The van der Waals surface area contributed by atoms with Gasteiger partial charge in [0.2, 0.25) is 0 Å². The summed E-state index contributed by atoms with van der Waals surface area (Å²) in [4.78, 5) is 0. The van der Waals surface area contributed by atoms with E-state index in [0.29, 0.717) is 0 Å². The topological polar surface area (TPSA) is 12.0 Å². The van der Waals surface area contributed by atoms with Gasteiger partial charge in [-0.2, -0.15) is 0 Å². The lowest BCUT2D eigenvalue weighted by Gasteiger charge is -2.20. The van der Waals surface area contributed by atoms with Crippen LogP contribution in [0, 0.1) is 5.92 Å². The third-order valence-corrected chi connectivity index (χ3v) is 2.93. The van der Waals surface area contributed by atoms with E-state index >= 15 is 0 Å². The highest BCUT2D eigenvalue weighted by Gasteiger charge is 2.07. The number of hydrogen-bond donors (Lipinski definition) is 1. The maximum Gasteiger partial charge on any atom is 0.0170 e. The molecule has 1 aromatic carbocycles. The molecule has 1 heteroatoms. The summed E-state index contributed by atoms with van der Waals surface area (Å²) in [5.41, 5.74) is 4.26. The van der Waals surface area contributed by atoms with Crippen LogP contribution < -0.4 is 5.32 Å². The number of hydrogen-bond acceptors (Lipinski definition) is 1. The van der Waals surface area contributed by atoms with Gasteiger partial charge in [0.1, 0.15) is 0 Å². The van der Waals surface area contributed by atoms with Crippen LogP contribution in [0.2, 0.25) is 0 Å². The molecular formula is C18H29N. The zero-order valence-corrected chi connectivity index (χ0v) is 13.4. The van der Waals surface area contributed by atoms with Crippen molar-refractivity contribution < 1.29 is 0 Å². The zero-order chi connectivity index (χ0) is 14.5. The predicted octanol–water partition coefficient (Wildman–Crippen LogP) is 4.68. The van der Waals surface area contributed by atoms with Gasteiger partial charge in [0, 0.05) is 12.1 Å². The smallest absolute Gasteiger partial charge is 0.0170 e. The van der Waals surface area contributed by atoms with Gasteiger partial charge < -0.3 is 5.32 Å². The van der Waals surface area contributed by atoms with Crippen LogP contribution in [-0.2, 0) is 6.42 Å². The fourth-order valence-corrected chi connectivity index (χ4v) is 1.96. The maximum atomic E-state index is 3.51. The summed E-state index contributed by atoms with van der Waals surface area (Å²) in [5, 5.41) is 3.51. The lowest BCUT2D eigenvalue weighted by molar-refractivity contribution is 0.445. The largest absolute Gasteiger partial charge is 0.308 e. The van der Waals surface area contributed by atoms with Crippen molar-refractivity contribution in [2.75, 3.05) is 6.54 Å². The molecule has 0 amide bonds. The quantitative estimate of drug-likeness (QED) is 0.810. The van der Waals surface area contributed by atoms with Gasteiger partial charge in [-0.25, -0.2) is 0 Å². The van der Waals surface area contributed by atoms with E-state index in [1.165, 1.54) is 16.7 Å². The van der Waals surface area contributed by atoms with Crippen molar-refractivity contribution in [2.24, 2.45) is 5.92 Å². The van der Waals surface area contributed by atoms with Crippen LogP contribution in [0.3, 0.4) is 0 Å². The molecule has 1 nitrogen and oxygen atoms in total. The van der Waals surface area contributed by atoms with Crippen LogP contribution in [0.25, 0.3) is 6.08 Å². The predicted molar refractivity (Wildman–Crippen MR) is 86.4 cm³/mol. The monoisotopic (exact) mass is 259 g/mol. The molecule has 0 spiro atoms. The maximum absolute atomic E-state index is 3.51. The van der Waals surface area contributed by atoms with E-state index < -0.39 is 0 Å². The van der Waals surface area contributed by atoms with E-state index in [1.807, 2.05) is 0 Å². The van der Waals surface area contributed by atoms with Gasteiger partial charge in [-0.3, -0.25) is 0 Å². The van der Waals surface area contributed by atoms with E-state index in [9.17, 15) is 0 Å². The van der Waals surface area contributed by atoms with Crippen molar-refractivity contribution >= 4 is 6.08 Å². The molecule has 0 aliphatic heterocycles. The van der Waals surface area contributed by atoms with Crippen molar-refractivity contribution in [3.8, 4) is 0 Å². The van der Waals surface area contributed by atoms with E-state index in [4.69, 9.17) is 0 Å². The normalized spacial score (nSPS) is 13.1. The van der Waals surface area contributed by atoms with E-state index in [2.05, 4.69) is 77.2 Å². The van der Waals surface area contributed by atoms with Crippen molar-refractivity contribution in [1.82, 2.24) is 5.32 Å².